The Bertz CT molecular complexity index is 1030. The average Bonchev–Trinajstić information content (AvgIpc) is 3.16. The second-order valence-corrected chi connectivity index (χ2v) is 6.91. The number of fused-ring (bicyclic) bond motifs is 1. The van der Waals surface area contributed by atoms with Crippen LogP contribution in [0, 0.1) is 0 Å². The molecule has 1 unspecified atom stereocenters. The number of carbonyl (C=O) groups is 1. The molecule has 1 fully saturated rings. The van der Waals surface area contributed by atoms with Gasteiger partial charge in [-0.2, -0.15) is 4.98 Å². The molecule has 0 aromatic carbocycles. The van der Waals surface area contributed by atoms with Gasteiger partial charge in [0.2, 0.25) is 11.7 Å². The third kappa shape index (κ3) is 4.09. The van der Waals surface area contributed by atoms with E-state index in [2.05, 4.69) is 15.0 Å². The highest BCUT2D eigenvalue weighted by atomic mass is 19.3. The van der Waals surface area contributed by atoms with Gasteiger partial charge in [0, 0.05) is 36.9 Å². The van der Waals surface area contributed by atoms with Crippen LogP contribution in [-0.2, 0) is 11.2 Å². The number of rotatable bonds is 6. The standard InChI is InChI=1S/C20H20F2N4O3/c1-28-19-13(8-17(27)14-5-2-6-15(23-14)18(21)22)9-26-10-16(24-20(26)25-19)12-4-3-7-29-11-12/h2,5-6,9-10,12,18H,3-4,7-8,11H2,1H3. The van der Waals surface area contributed by atoms with E-state index < -0.39 is 17.9 Å². The minimum atomic E-state index is -2.73. The van der Waals surface area contributed by atoms with Crippen LogP contribution in [0.15, 0.2) is 30.6 Å². The van der Waals surface area contributed by atoms with E-state index in [1.54, 1.807) is 10.6 Å². The van der Waals surface area contributed by atoms with Gasteiger partial charge < -0.3 is 9.47 Å². The molecule has 1 aliphatic heterocycles. The lowest BCUT2D eigenvalue weighted by atomic mass is 9.99. The first-order chi connectivity index (χ1) is 14.0. The maximum atomic E-state index is 12.9. The highest BCUT2D eigenvalue weighted by Crippen LogP contribution is 2.26. The van der Waals surface area contributed by atoms with Crippen LogP contribution in [0.2, 0.25) is 0 Å². The predicted octanol–water partition coefficient (Wildman–Crippen LogP) is 3.39. The Morgan fingerprint density at radius 1 is 1.31 bits per heavy atom. The molecular weight excluding hydrogens is 382 g/mol. The van der Waals surface area contributed by atoms with Gasteiger partial charge in [0.15, 0.2) is 5.78 Å². The highest BCUT2D eigenvalue weighted by Gasteiger charge is 2.21. The minimum Gasteiger partial charge on any atom is -0.481 e. The maximum Gasteiger partial charge on any atom is 0.280 e. The molecule has 4 heterocycles. The smallest absolute Gasteiger partial charge is 0.280 e. The van der Waals surface area contributed by atoms with Crippen LogP contribution in [0.4, 0.5) is 8.78 Å². The number of imidazole rings is 1. The first-order valence-corrected chi connectivity index (χ1v) is 9.33. The van der Waals surface area contributed by atoms with Gasteiger partial charge in [0.05, 0.1) is 19.4 Å². The van der Waals surface area contributed by atoms with E-state index in [0.29, 0.717) is 17.9 Å². The molecule has 0 saturated carbocycles. The summed E-state index contributed by atoms with van der Waals surface area (Å²) < 4.78 is 38.3. The van der Waals surface area contributed by atoms with E-state index in [1.807, 2.05) is 6.20 Å². The third-order valence-corrected chi connectivity index (χ3v) is 4.91. The Morgan fingerprint density at radius 3 is 2.90 bits per heavy atom. The van der Waals surface area contributed by atoms with Gasteiger partial charge >= 0.3 is 0 Å². The SMILES string of the molecule is COc1nc2nc(C3CCCOC3)cn2cc1CC(=O)c1cccc(C(F)F)n1. The summed E-state index contributed by atoms with van der Waals surface area (Å²) >= 11 is 0. The summed E-state index contributed by atoms with van der Waals surface area (Å²) in [6.07, 6.45) is 2.79. The Balaban J connectivity index is 1.62. The van der Waals surface area contributed by atoms with Crippen molar-refractivity contribution in [2.24, 2.45) is 0 Å². The number of hydrogen-bond acceptors (Lipinski definition) is 6. The molecule has 0 aliphatic carbocycles. The van der Waals surface area contributed by atoms with Crippen LogP contribution in [0.3, 0.4) is 0 Å². The molecule has 3 aromatic heterocycles. The summed E-state index contributed by atoms with van der Waals surface area (Å²) in [4.78, 5) is 25.3. The molecule has 0 spiro atoms. The van der Waals surface area contributed by atoms with Crippen molar-refractivity contribution in [2.45, 2.75) is 31.6 Å². The Kier molecular flexibility index (Phi) is 5.48. The molecule has 0 bridgehead atoms. The van der Waals surface area contributed by atoms with E-state index in [4.69, 9.17) is 9.47 Å². The topological polar surface area (TPSA) is 78.6 Å². The number of pyridine rings is 1. The van der Waals surface area contributed by atoms with Crippen molar-refractivity contribution in [3.8, 4) is 5.88 Å². The lowest BCUT2D eigenvalue weighted by molar-refractivity contribution is 0.0794. The van der Waals surface area contributed by atoms with Gasteiger partial charge in [-0.25, -0.2) is 18.7 Å². The summed E-state index contributed by atoms with van der Waals surface area (Å²) in [5.41, 5.74) is 0.966. The summed E-state index contributed by atoms with van der Waals surface area (Å²) in [6.45, 7) is 1.39. The zero-order valence-corrected chi connectivity index (χ0v) is 15.8. The number of aromatic nitrogens is 4. The van der Waals surface area contributed by atoms with Gasteiger partial charge in [0.25, 0.3) is 6.43 Å². The number of ketones is 1. The highest BCUT2D eigenvalue weighted by molar-refractivity contribution is 5.96. The summed E-state index contributed by atoms with van der Waals surface area (Å²) in [5, 5.41) is 0. The minimum absolute atomic E-state index is 0.0179. The number of hydrogen-bond donors (Lipinski definition) is 0. The number of ether oxygens (including phenoxy) is 2. The van der Waals surface area contributed by atoms with Crippen molar-refractivity contribution in [1.29, 1.82) is 0 Å². The number of alkyl halides is 2. The molecule has 0 amide bonds. The molecule has 1 saturated heterocycles. The lowest BCUT2D eigenvalue weighted by Crippen LogP contribution is -2.15. The quantitative estimate of drug-likeness (QED) is 0.588. The monoisotopic (exact) mass is 402 g/mol. The fourth-order valence-corrected chi connectivity index (χ4v) is 3.43. The number of carbonyl (C=O) groups excluding carboxylic acids is 1. The average molecular weight is 402 g/mol. The van der Waals surface area contributed by atoms with Crippen molar-refractivity contribution >= 4 is 11.6 Å². The molecular formula is C20H20F2N4O3. The van der Waals surface area contributed by atoms with Gasteiger partial charge in [-0.15, -0.1) is 0 Å². The zero-order valence-electron chi connectivity index (χ0n) is 15.8. The van der Waals surface area contributed by atoms with Crippen LogP contribution in [0.25, 0.3) is 5.78 Å². The molecule has 0 N–H and O–H groups in total. The summed E-state index contributed by atoms with van der Waals surface area (Å²) in [7, 11) is 1.46. The Hall–Kier alpha value is -2.94. The van der Waals surface area contributed by atoms with Gasteiger partial charge in [-0.3, -0.25) is 9.20 Å². The maximum absolute atomic E-state index is 12.9. The number of nitrogens with zero attached hydrogens (tertiary/aromatic N) is 4. The van der Waals surface area contributed by atoms with Gasteiger partial charge in [-0.1, -0.05) is 6.07 Å². The van der Waals surface area contributed by atoms with Crippen LogP contribution in [0.1, 0.15) is 52.6 Å². The van der Waals surface area contributed by atoms with E-state index >= 15 is 0 Å². The van der Waals surface area contributed by atoms with Crippen molar-refractivity contribution in [3.05, 3.63) is 53.2 Å². The van der Waals surface area contributed by atoms with Crippen molar-refractivity contribution < 1.29 is 23.0 Å². The largest absolute Gasteiger partial charge is 0.481 e. The van der Waals surface area contributed by atoms with Crippen LogP contribution in [-0.4, -0.2) is 45.5 Å². The first-order valence-electron chi connectivity index (χ1n) is 9.33. The molecule has 7 nitrogen and oxygen atoms in total. The molecule has 4 rings (SSSR count). The van der Waals surface area contributed by atoms with E-state index in [1.165, 1.54) is 25.3 Å². The third-order valence-electron chi connectivity index (χ3n) is 4.91. The summed E-state index contributed by atoms with van der Waals surface area (Å²) in [5.74, 6) is 0.556. The second kappa shape index (κ2) is 8.20. The number of Topliss-reactive ketones (excluding diaryl/α,β-unsaturated/α-hetero) is 1. The van der Waals surface area contributed by atoms with Crippen LogP contribution >= 0.6 is 0 Å². The van der Waals surface area contributed by atoms with E-state index in [-0.39, 0.29) is 23.9 Å². The normalized spacial score (nSPS) is 17.0. The van der Waals surface area contributed by atoms with Crippen molar-refractivity contribution in [2.75, 3.05) is 20.3 Å². The molecule has 0 radical (unpaired) electrons. The molecule has 3 aromatic rings. The van der Waals surface area contributed by atoms with Crippen molar-refractivity contribution in [3.63, 3.8) is 0 Å². The molecule has 9 heteroatoms. The Morgan fingerprint density at radius 2 is 2.17 bits per heavy atom. The van der Waals surface area contributed by atoms with Crippen LogP contribution < -0.4 is 4.74 Å². The lowest BCUT2D eigenvalue weighted by Gasteiger charge is -2.19. The van der Waals surface area contributed by atoms with Crippen LogP contribution in [0.5, 0.6) is 5.88 Å². The number of methoxy groups -OCH3 is 1. The first kappa shape index (κ1) is 19.4. The molecule has 152 valence electrons. The fraction of sp³-hybridized carbons (Fsp3) is 0.400. The number of halogens is 2. The van der Waals surface area contributed by atoms with E-state index in [0.717, 1.165) is 25.1 Å². The van der Waals surface area contributed by atoms with E-state index in [9.17, 15) is 13.6 Å². The fourth-order valence-electron chi connectivity index (χ4n) is 3.43. The molecule has 29 heavy (non-hydrogen) atoms. The molecule has 1 atom stereocenters. The predicted molar refractivity (Wildman–Crippen MR) is 99.6 cm³/mol. The van der Waals surface area contributed by atoms with Gasteiger partial charge in [-0.05, 0) is 25.0 Å². The zero-order chi connectivity index (χ0) is 20.4. The van der Waals surface area contributed by atoms with Gasteiger partial charge in [0.1, 0.15) is 11.4 Å². The Labute approximate surface area is 165 Å². The second-order valence-electron chi connectivity index (χ2n) is 6.91. The van der Waals surface area contributed by atoms with Crippen molar-refractivity contribution in [1.82, 2.24) is 19.4 Å². The summed E-state index contributed by atoms with van der Waals surface area (Å²) in [6, 6.07) is 4.01. The molecule has 1 aliphatic rings.